The second-order valence-corrected chi connectivity index (χ2v) is 23.1. The molecular formula is C61H67N7O12S2. The fourth-order valence-electron chi connectivity index (χ4n) is 10.6. The summed E-state index contributed by atoms with van der Waals surface area (Å²) in [5.74, 6) is 1.28. The Morgan fingerprint density at radius 2 is 1.38 bits per heavy atom. The van der Waals surface area contributed by atoms with Gasteiger partial charge >= 0.3 is 0 Å². The van der Waals surface area contributed by atoms with Crippen LogP contribution in [0.4, 0.5) is 28.4 Å². The van der Waals surface area contributed by atoms with Crippen molar-refractivity contribution in [3.63, 3.8) is 0 Å². The van der Waals surface area contributed by atoms with Gasteiger partial charge < -0.3 is 48.7 Å². The highest BCUT2D eigenvalue weighted by molar-refractivity contribution is 8.76. The average molecular weight is 1150 g/mol. The zero-order valence-corrected chi connectivity index (χ0v) is 48.0. The number of hydrogen-bond donors (Lipinski definition) is 2. The number of para-hydroxylation sites is 2. The molecule has 0 aliphatic carbocycles. The first-order chi connectivity index (χ1) is 40.0. The Labute approximate surface area is 485 Å². The van der Waals surface area contributed by atoms with E-state index in [1.54, 1.807) is 66.0 Å². The molecule has 5 amide bonds. The molecule has 5 aliphatic heterocycles. The molecule has 0 aromatic heterocycles. The number of carbonyl (C=O) groups excluding carboxylic acids is 5. The monoisotopic (exact) mass is 1150 g/mol. The van der Waals surface area contributed by atoms with Crippen molar-refractivity contribution in [3.8, 4) is 23.0 Å². The summed E-state index contributed by atoms with van der Waals surface area (Å²) in [4.78, 5) is 76.5. The number of rotatable bonds is 29. The van der Waals surface area contributed by atoms with E-state index in [9.17, 15) is 24.0 Å². The number of amides is 5. The molecule has 430 valence electrons. The molecule has 0 saturated carbocycles. The minimum atomic E-state index is -0.373. The van der Waals surface area contributed by atoms with E-state index in [0.29, 0.717) is 117 Å². The van der Waals surface area contributed by atoms with Gasteiger partial charge in [0.05, 0.1) is 75.8 Å². The molecule has 0 saturated heterocycles. The van der Waals surface area contributed by atoms with Gasteiger partial charge in [-0.05, 0) is 71.1 Å². The highest BCUT2D eigenvalue weighted by Gasteiger charge is 2.40. The summed E-state index contributed by atoms with van der Waals surface area (Å²) in [7, 11) is 8.18. The lowest BCUT2D eigenvalue weighted by atomic mass is 10.1. The fraction of sp³-hybridized carbons (Fsp3) is 0.377. The summed E-state index contributed by atoms with van der Waals surface area (Å²) in [6.45, 7) is 6.13. The van der Waals surface area contributed by atoms with E-state index in [4.69, 9.17) is 38.2 Å². The normalized spacial score (nSPS) is 16.7. The number of benzene rings is 5. The first kappa shape index (κ1) is 57.7. The van der Waals surface area contributed by atoms with Crippen molar-refractivity contribution in [2.24, 2.45) is 4.99 Å². The zero-order chi connectivity index (χ0) is 57.1. The molecule has 82 heavy (non-hydrogen) atoms. The predicted molar refractivity (Wildman–Crippen MR) is 318 cm³/mol. The van der Waals surface area contributed by atoms with Crippen molar-refractivity contribution in [2.75, 3.05) is 106 Å². The van der Waals surface area contributed by atoms with E-state index >= 15 is 0 Å². The molecule has 3 unspecified atom stereocenters. The van der Waals surface area contributed by atoms with Crippen molar-refractivity contribution < 1.29 is 57.1 Å². The average Bonchev–Trinajstić information content (AvgIpc) is 4.35. The van der Waals surface area contributed by atoms with E-state index in [1.165, 1.54) is 12.2 Å². The van der Waals surface area contributed by atoms with Gasteiger partial charge in [0.25, 0.3) is 23.6 Å². The minimum Gasteiger partial charge on any atom is -0.493 e. The molecule has 19 nitrogen and oxygen atoms in total. The predicted octanol–water partition coefficient (Wildman–Crippen LogP) is 8.18. The lowest BCUT2D eigenvalue weighted by molar-refractivity contribution is -0.137. The summed E-state index contributed by atoms with van der Waals surface area (Å²) in [6.07, 6.45) is 6.37. The van der Waals surface area contributed by atoms with Crippen LogP contribution in [0.15, 0.2) is 108 Å². The number of carbonyl (C=O) groups is 5. The molecule has 0 radical (unpaired) electrons. The summed E-state index contributed by atoms with van der Waals surface area (Å²) < 4.78 is 42.0. The maximum Gasteiger partial charge on any atom is 0.262 e. The van der Waals surface area contributed by atoms with Gasteiger partial charge in [0.1, 0.15) is 19.4 Å². The molecule has 5 aromatic rings. The Bertz CT molecular complexity index is 3230. The number of imide groups is 1. The Balaban J connectivity index is 0.873. The largest absolute Gasteiger partial charge is 0.493 e. The van der Waals surface area contributed by atoms with Crippen molar-refractivity contribution in [2.45, 2.75) is 63.3 Å². The molecule has 5 heterocycles. The Morgan fingerprint density at radius 1 is 0.744 bits per heavy atom. The van der Waals surface area contributed by atoms with Gasteiger partial charge in [0, 0.05) is 111 Å². The second-order valence-electron chi connectivity index (χ2n) is 20.2. The van der Waals surface area contributed by atoms with Crippen LogP contribution in [-0.4, -0.2) is 144 Å². The highest BCUT2D eigenvalue weighted by atomic mass is 33.1. The number of fused-ring (bicyclic) bond motifs is 8. The smallest absolute Gasteiger partial charge is 0.262 e. The molecule has 21 heteroatoms. The Hall–Kier alpha value is -7.56. The third-order valence-electron chi connectivity index (χ3n) is 14.6. The molecule has 3 atom stereocenters. The lowest BCUT2D eigenvalue weighted by Crippen LogP contribution is -2.46. The number of anilines is 4. The van der Waals surface area contributed by atoms with E-state index < -0.39 is 0 Å². The van der Waals surface area contributed by atoms with Crippen LogP contribution in [0.5, 0.6) is 23.0 Å². The van der Waals surface area contributed by atoms with Crippen molar-refractivity contribution in [3.05, 3.63) is 137 Å². The molecular weight excluding hydrogens is 1090 g/mol. The van der Waals surface area contributed by atoms with Gasteiger partial charge in [-0.1, -0.05) is 64.9 Å². The molecule has 0 bridgehead atoms. The van der Waals surface area contributed by atoms with Crippen LogP contribution < -0.4 is 44.3 Å². The summed E-state index contributed by atoms with van der Waals surface area (Å²) >= 11 is 0. The number of nitrogens with one attached hydrogen (secondary N) is 2. The summed E-state index contributed by atoms with van der Waals surface area (Å²) in [6, 6.07) is 28.9. The van der Waals surface area contributed by atoms with Crippen LogP contribution in [0.2, 0.25) is 0 Å². The number of nitrogens with zero attached hydrogens (tertiary/aromatic N) is 5. The summed E-state index contributed by atoms with van der Waals surface area (Å²) in [5.41, 5.74) is 8.59. The van der Waals surface area contributed by atoms with Crippen molar-refractivity contribution >= 4 is 85.8 Å². The molecule has 5 aliphatic rings. The maximum atomic E-state index is 14.2. The lowest BCUT2D eigenvalue weighted by Gasteiger charge is -2.33. The topological polar surface area (TPSA) is 199 Å². The van der Waals surface area contributed by atoms with Crippen LogP contribution in [-0.2, 0) is 54.6 Å². The maximum absolute atomic E-state index is 14.2. The van der Waals surface area contributed by atoms with Crippen LogP contribution >= 0.6 is 21.6 Å². The minimum absolute atomic E-state index is 0.111. The molecule has 5 aromatic carbocycles. The van der Waals surface area contributed by atoms with E-state index in [2.05, 4.69) is 34.6 Å². The number of aliphatic imine (C=N–C) groups is 1. The van der Waals surface area contributed by atoms with Crippen molar-refractivity contribution in [1.82, 2.24) is 10.2 Å². The van der Waals surface area contributed by atoms with Crippen LogP contribution in [0.25, 0.3) is 0 Å². The first-order valence-corrected chi connectivity index (χ1v) is 29.8. The zero-order valence-electron chi connectivity index (χ0n) is 46.4. The molecule has 2 N–H and O–H groups in total. The second kappa shape index (κ2) is 27.0. The Morgan fingerprint density at radius 3 is 2.09 bits per heavy atom. The van der Waals surface area contributed by atoms with Gasteiger partial charge in [-0.25, -0.2) is 0 Å². The van der Waals surface area contributed by atoms with E-state index in [1.807, 2.05) is 71.8 Å². The third kappa shape index (κ3) is 13.3. The number of hydrogen-bond acceptors (Lipinski definition) is 17. The van der Waals surface area contributed by atoms with Crippen molar-refractivity contribution in [1.29, 1.82) is 0 Å². The summed E-state index contributed by atoms with van der Waals surface area (Å²) in [5, 5.41) is 6.52. The highest BCUT2D eigenvalue weighted by Crippen LogP contribution is 2.44. The van der Waals surface area contributed by atoms with Gasteiger partial charge in [0.2, 0.25) is 5.91 Å². The standard InChI is InChI=1S/C61H67N7O12S2/c1-39(82-81-25-9-14-57(69)62-17-18-66-58(70)15-16-59(66)71)36-65(19-20-77-23-24-78-22-21-74-2)44-27-40(37-79-54-33-48-46(31-52(54)75-3)60(72)67-45(35-63-48)29-42-10-5-7-12-50(42)67)26-41(28-44)38-80-55-34-49-47(32-53(55)76-4)61(73)68-51-13-8-6-11-43(51)30-56(68)64-49/h5-8,10-13,15-16,26-28,31-35,39,45,56,64H,9,14,17-25,29-30,36-38H2,1-4H3,(H,62,69). The van der Waals surface area contributed by atoms with Gasteiger partial charge in [-0.3, -0.25) is 43.7 Å². The third-order valence-corrected chi connectivity index (χ3v) is 17.5. The van der Waals surface area contributed by atoms with Crippen LogP contribution in [0.3, 0.4) is 0 Å². The quantitative estimate of drug-likeness (QED) is 0.0264. The van der Waals surface area contributed by atoms with Crippen LogP contribution in [0, 0.1) is 0 Å². The molecule has 0 fully saturated rings. The van der Waals surface area contributed by atoms with Gasteiger partial charge in [-0.2, -0.15) is 0 Å². The fourth-order valence-corrected chi connectivity index (χ4v) is 13.0. The van der Waals surface area contributed by atoms with Gasteiger partial charge in [-0.15, -0.1) is 0 Å². The first-order valence-electron chi connectivity index (χ1n) is 27.4. The van der Waals surface area contributed by atoms with Gasteiger partial charge in [0.15, 0.2) is 23.0 Å². The SMILES string of the molecule is COCCOCCOCCN(CC(C)SSCCCC(=O)NCCN1C(=O)C=CC1=O)c1cc(COc2cc3c(cc2OC)C(=O)N2c4ccccc4CC2C=N3)cc(COc2cc3c(cc2OC)C(=O)N2c4ccccc4CC2N3)c1. The number of methoxy groups -OCH3 is 3. The van der Waals surface area contributed by atoms with E-state index in [0.717, 1.165) is 50.0 Å². The number of ether oxygens (including phenoxy) is 7. The van der Waals surface area contributed by atoms with Crippen LogP contribution in [0.1, 0.15) is 62.7 Å². The molecule has 10 rings (SSSR count). The molecule has 0 spiro atoms. The van der Waals surface area contributed by atoms with E-state index in [-0.39, 0.29) is 73.3 Å². The Kier molecular flexibility index (Phi) is 19.0.